The summed E-state index contributed by atoms with van der Waals surface area (Å²) < 4.78 is 5.08. The first kappa shape index (κ1) is 21.2. The maximum Gasteiger partial charge on any atom is 0.338 e. The van der Waals surface area contributed by atoms with Gasteiger partial charge in [0.1, 0.15) is 6.04 Å². The Kier molecular flexibility index (Phi) is 6.30. The number of ether oxygens (including phenoxy) is 1. The number of nitrogens with zero attached hydrogens (tertiary/aromatic N) is 1. The minimum atomic E-state index is -0.966. The number of hydrogen-bond donors (Lipinski definition) is 1. The zero-order chi connectivity index (χ0) is 21.8. The van der Waals surface area contributed by atoms with Gasteiger partial charge in [0.2, 0.25) is 5.91 Å². The molecule has 1 N–H and O–H groups in total. The third kappa shape index (κ3) is 4.10. The molecule has 0 fully saturated rings. The molecule has 7 heteroatoms. The molecule has 1 aliphatic heterocycles. The predicted molar refractivity (Wildman–Crippen MR) is 111 cm³/mol. The largest absolute Gasteiger partial charge is 0.462 e. The number of rotatable bonds is 7. The highest BCUT2D eigenvalue weighted by Crippen LogP contribution is 2.27. The van der Waals surface area contributed by atoms with Crippen LogP contribution in [0.4, 0.5) is 5.69 Å². The Morgan fingerprint density at radius 3 is 2.03 bits per heavy atom. The van der Waals surface area contributed by atoms with E-state index in [0.29, 0.717) is 29.0 Å². The van der Waals surface area contributed by atoms with Crippen LogP contribution in [-0.2, 0) is 9.53 Å². The lowest BCUT2D eigenvalue weighted by Crippen LogP contribution is -2.50. The van der Waals surface area contributed by atoms with Crippen molar-refractivity contribution in [1.82, 2.24) is 4.90 Å². The van der Waals surface area contributed by atoms with Gasteiger partial charge in [-0.2, -0.15) is 0 Å². The van der Waals surface area contributed by atoms with E-state index in [1.54, 1.807) is 62.4 Å². The topological polar surface area (TPSA) is 92.8 Å². The summed E-state index contributed by atoms with van der Waals surface area (Å²) in [6.07, 6.45) is 0.730. The van der Waals surface area contributed by atoms with E-state index in [-0.39, 0.29) is 5.92 Å². The first-order valence-electron chi connectivity index (χ1n) is 9.90. The number of esters is 1. The molecule has 2 aromatic carbocycles. The van der Waals surface area contributed by atoms with Crippen molar-refractivity contribution in [3.63, 3.8) is 0 Å². The van der Waals surface area contributed by atoms with Crippen LogP contribution in [0.2, 0.25) is 0 Å². The van der Waals surface area contributed by atoms with Crippen molar-refractivity contribution in [2.75, 3.05) is 11.9 Å². The number of fused-ring (bicyclic) bond motifs is 1. The van der Waals surface area contributed by atoms with Crippen molar-refractivity contribution < 1.29 is 23.9 Å². The summed E-state index contributed by atoms with van der Waals surface area (Å²) >= 11 is 0. The summed E-state index contributed by atoms with van der Waals surface area (Å²) in [5, 5.41) is 2.74. The molecule has 3 rings (SSSR count). The molecule has 0 saturated carbocycles. The summed E-state index contributed by atoms with van der Waals surface area (Å²) in [6.45, 7) is 5.81. The fourth-order valence-electron chi connectivity index (χ4n) is 3.36. The van der Waals surface area contributed by atoms with Crippen LogP contribution in [0.3, 0.4) is 0 Å². The van der Waals surface area contributed by atoms with E-state index in [1.165, 1.54) is 0 Å². The fraction of sp³-hybridized carbons (Fsp3) is 0.304. The minimum absolute atomic E-state index is 0.296. The molecular weight excluding hydrogens is 384 g/mol. The quantitative estimate of drug-likeness (QED) is 0.559. The van der Waals surface area contributed by atoms with E-state index in [1.807, 2.05) is 6.92 Å². The molecule has 0 aliphatic carbocycles. The Morgan fingerprint density at radius 2 is 1.53 bits per heavy atom. The maximum atomic E-state index is 13.0. The van der Waals surface area contributed by atoms with E-state index >= 15 is 0 Å². The summed E-state index contributed by atoms with van der Waals surface area (Å²) in [5.74, 6) is -2.14. The molecule has 2 aromatic rings. The standard InChI is InChI=1S/C23H24N2O5/c1-4-13-30-23(29)15-9-11-16(12-10-15)24-20(26)19(14(2)3)25-21(27)17-7-5-6-8-18(17)22(25)28/h5-12,14,19H,4,13H2,1-3H3,(H,24,26). The highest BCUT2D eigenvalue weighted by atomic mass is 16.5. The zero-order valence-electron chi connectivity index (χ0n) is 17.2. The third-order valence-corrected chi connectivity index (χ3v) is 4.83. The minimum Gasteiger partial charge on any atom is -0.462 e. The van der Waals surface area contributed by atoms with Crippen LogP contribution in [0.5, 0.6) is 0 Å². The highest BCUT2D eigenvalue weighted by molar-refractivity contribution is 6.23. The van der Waals surface area contributed by atoms with Gasteiger partial charge in [-0.1, -0.05) is 32.9 Å². The molecule has 156 valence electrons. The van der Waals surface area contributed by atoms with Gasteiger partial charge in [-0.3, -0.25) is 19.3 Å². The molecule has 30 heavy (non-hydrogen) atoms. The molecule has 3 amide bonds. The summed E-state index contributed by atoms with van der Waals surface area (Å²) in [7, 11) is 0. The van der Waals surface area contributed by atoms with E-state index in [2.05, 4.69) is 5.32 Å². The second-order valence-corrected chi connectivity index (χ2v) is 7.42. The van der Waals surface area contributed by atoms with Crippen molar-refractivity contribution >= 4 is 29.4 Å². The molecule has 1 aliphatic rings. The number of imide groups is 1. The van der Waals surface area contributed by atoms with Gasteiger partial charge >= 0.3 is 5.97 Å². The Balaban J connectivity index is 1.77. The highest BCUT2D eigenvalue weighted by Gasteiger charge is 2.43. The van der Waals surface area contributed by atoms with Crippen molar-refractivity contribution in [3.8, 4) is 0 Å². The van der Waals surface area contributed by atoms with Gasteiger partial charge in [0.05, 0.1) is 23.3 Å². The lowest BCUT2D eigenvalue weighted by molar-refractivity contribution is -0.121. The number of carbonyl (C=O) groups is 4. The van der Waals surface area contributed by atoms with Crippen LogP contribution in [0.15, 0.2) is 48.5 Å². The smallest absolute Gasteiger partial charge is 0.338 e. The van der Waals surface area contributed by atoms with Gasteiger partial charge in [0, 0.05) is 5.69 Å². The lowest BCUT2D eigenvalue weighted by Gasteiger charge is -2.28. The van der Waals surface area contributed by atoms with E-state index in [4.69, 9.17) is 4.74 Å². The molecule has 0 saturated heterocycles. The van der Waals surface area contributed by atoms with Crippen LogP contribution in [0.25, 0.3) is 0 Å². The van der Waals surface area contributed by atoms with E-state index in [9.17, 15) is 19.2 Å². The molecule has 1 heterocycles. The van der Waals surface area contributed by atoms with Crippen LogP contribution in [-0.4, -0.2) is 41.2 Å². The Hall–Kier alpha value is -3.48. The Morgan fingerprint density at radius 1 is 0.967 bits per heavy atom. The van der Waals surface area contributed by atoms with Crippen LogP contribution < -0.4 is 5.32 Å². The zero-order valence-corrected chi connectivity index (χ0v) is 17.2. The lowest BCUT2D eigenvalue weighted by atomic mass is 10.0. The van der Waals surface area contributed by atoms with Gasteiger partial charge in [0.15, 0.2) is 0 Å². The second kappa shape index (κ2) is 8.90. The normalized spacial score (nSPS) is 13.9. The summed E-state index contributed by atoms with van der Waals surface area (Å²) in [4.78, 5) is 51.5. The van der Waals surface area contributed by atoms with E-state index < -0.39 is 29.7 Å². The number of carbonyl (C=O) groups excluding carboxylic acids is 4. The predicted octanol–water partition coefficient (Wildman–Crippen LogP) is 3.51. The van der Waals surface area contributed by atoms with Crippen LogP contribution >= 0.6 is 0 Å². The van der Waals surface area contributed by atoms with Gasteiger partial charge in [-0.15, -0.1) is 0 Å². The van der Waals surface area contributed by atoms with Gasteiger partial charge in [-0.05, 0) is 48.7 Å². The molecule has 0 spiro atoms. The summed E-state index contributed by atoms with van der Waals surface area (Å²) in [5.41, 5.74) is 1.43. The van der Waals surface area contributed by atoms with Gasteiger partial charge < -0.3 is 10.1 Å². The second-order valence-electron chi connectivity index (χ2n) is 7.42. The monoisotopic (exact) mass is 408 g/mol. The van der Waals surface area contributed by atoms with Crippen molar-refractivity contribution in [2.45, 2.75) is 33.2 Å². The third-order valence-electron chi connectivity index (χ3n) is 4.83. The van der Waals surface area contributed by atoms with E-state index in [0.717, 1.165) is 11.3 Å². The van der Waals surface area contributed by atoms with Crippen LogP contribution in [0, 0.1) is 5.92 Å². The molecule has 0 bridgehead atoms. The number of hydrogen-bond acceptors (Lipinski definition) is 5. The molecule has 0 aromatic heterocycles. The molecular formula is C23H24N2O5. The summed E-state index contributed by atoms with van der Waals surface area (Å²) in [6, 6.07) is 11.9. The maximum absolute atomic E-state index is 13.0. The van der Waals surface area contributed by atoms with Gasteiger partial charge in [0.25, 0.3) is 11.8 Å². The van der Waals surface area contributed by atoms with Crippen molar-refractivity contribution in [3.05, 3.63) is 65.2 Å². The molecule has 1 unspecified atom stereocenters. The number of amides is 3. The Labute approximate surface area is 175 Å². The Bertz CT molecular complexity index is 946. The fourth-order valence-corrected chi connectivity index (χ4v) is 3.36. The SMILES string of the molecule is CCCOC(=O)c1ccc(NC(=O)C(C(C)C)N2C(=O)c3ccccc3C2=O)cc1. The first-order valence-corrected chi connectivity index (χ1v) is 9.90. The number of benzene rings is 2. The molecule has 7 nitrogen and oxygen atoms in total. The van der Waals surface area contributed by atoms with Crippen molar-refractivity contribution in [2.24, 2.45) is 5.92 Å². The molecule has 0 radical (unpaired) electrons. The van der Waals surface area contributed by atoms with Gasteiger partial charge in [-0.25, -0.2) is 4.79 Å². The first-order chi connectivity index (χ1) is 14.3. The number of anilines is 1. The number of nitrogens with one attached hydrogen (secondary N) is 1. The average Bonchev–Trinajstić information content (AvgIpc) is 2.98. The van der Waals surface area contributed by atoms with Crippen LogP contribution in [0.1, 0.15) is 58.3 Å². The van der Waals surface area contributed by atoms with Crippen molar-refractivity contribution in [1.29, 1.82) is 0 Å². The average molecular weight is 408 g/mol. The molecule has 1 atom stereocenters.